The molecule has 0 spiro atoms. The van der Waals surface area contributed by atoms with Gasteiger partial charge in [0, 0.05) is 6.42 Å². The van der Waals surface area contributed by atoms with Crippen LogP contribution in [0.5, 0.6) is 17.2 Å². The maximum absolute atomic E-state index is 11.0. The highest BCUT2D eigenvalue weighted by Gasteiger charge is 2.34. The third-order valence-electron chi connectivity index (χ3n) is 3.32. The van der Waals surface area contributed by atoms with Crippen LogP contribution in [0.4, 0.5) is 0 Å². The standard InChI is InChI=1S/C15H17O8P/c16-11-6-4-10(5-7-11)8-9-15(18,19)14-12(17)2-1-3-13(14)23-24(20,21)22/h1-7,16-19H,8-9H2,(H2,20,21,22). The molecule has 0 amide bonds. The second kappa shape index (κ2) is 6.80. The molecule has 0 atom stereocenters. The van der Waals surface area contributed by atoms with E-state index >= 15 is 0 Å². The second-order valence-corrected chi connectivity index (χ2v) is 6.38. The van der Waals surface area contributed by atoms with Crippen LogP contribution in [-0.4, -0.2) is 30.2 Å². The minimum absolute atomic E-state index is 0.0658. The van der Waals surface area contributed by atoms with E-state index in [0.29, 0.717) is 5.56 Å². The molecule has 8 nitrogen and oxygen atoms in total. The Bertz CT molecular complexity index is 751. The zero-order chi connectivity index (χ0) is 18.0. The van der Waals surface area contributed by atoms with E-state index in [0.717, 1.165) is 12.1 Å². The summed E-state index contributed by atoms with van der Waals surface area (Å²) >= 11 is 0. The van der Waals surface area contributed by atoms with E-state index < -0.39 is 30.7 Å². The van der Waals surface area contributed by atoms with Gasteiger partial charge in [-0.1, -0.05) is 18.2 Å². The lowest BCUT2D eigenvalue weighted by atomic mass is 9.96. The molecule has 0 radical (unpaired) electrons. The zero-order valence-corrected chi connectivity index (χ0v) is 13.3. The third-order valence-corrected chi connectivity index (χ3v) is 3.76. The lowest BCUT2D eigenvalue weighted by Gasteiger charge is -2.25. The van der Waals surface area contributed by atoms with Gasteiger partial charge in [0.15, 0.2) is 5.79 Å². The van der Waals surface area contributed by atoms with Gasteiger partial charge in [-0.2, -0.15) is 0 Å². The average molecular weight is 356 g/mol. The number of hydrogen-bond donors (Lipinski definition) is 6. The molecule has 0 heterocycles. The molecule has 0 saturated heterocycles. The second-order valence-electron chi connectivity index (χ2n) is 5.22. The van der Waals surface area contributed by atoms with Crippen LogP contribution >= 0.6 is 7.82 Å². The van der Waals surface area contributed by atoms with E-state index in [2.05, 4.69) is 4.52 Å². The van der Waals surface area contributed by atoms with E-state index in [1.807, 2.05) is 0 Å². The van der Waals surface area contributed by atoms with E-state index in [-0.39, 0.29) is 18.6 Å². The Morgan fingerprint density at radius 3 is 2.21 bits per heavy atom. The quantitative estimate of drug-likeness (QED) is 0.336. The molecule has 0 aromatic heterocycles. The Labute approximate surface area is 137 Å². The molecule has 9 heteroatoms. The first-order valence-electron chi connectivity index (χ1n) is 6.89. The number of benzene rings is 2. The van der Waals surface area contributed by atoms with Crippen molar-refractivity contribution in [3.05, 3.63) is 53.6 Å². The number of phosphoric ester groups is 1. The molecule has 0 aliphatic rings. The normalized spacial score (nSPS) is 12.2. The summed E-state index contributed by atoms with van der Waals surface area (Å²) in [5.74, 6) is -3.62. The molecule has 0 unspecified atom stereocenters. The van der Waals surface area contributed by atoms with Crippen molar-refractivity contribution in [2.75, 3.05) is 0 Å². The van der Waals surface area contributed by atoms with Gasteiger partial charge in [0.05, 0.1) is 5.56 Å². The van der Waals surface area contributed by atoms with E-state index in [4.69, 9.17) is 9.79 Å². The maximum atomic E-state index is 11.0. The lowest BCUT2D eigenvalue weighted by Crippen LogP contribution is -2.26. The van der Waals surface area contributed by atoms with Crippen molar-refractivity contribution >= 4 is 7.82 Å². The number of phosphoric acid groups is 1. The Morgan fingerprint density at radius 2 is 1.62 bits per heavy atom. The Morgan fingerprint density at radius 1 is 1.00 bits per heavy atom. The fourth-order valence-electron chi connectivity index (χ4n) is 2.23. The zero-order valence-electron chi connectivity index (χ0n) is 12.4. The van der Waals surface area contributed by atoms with E-state index in [9.17, 15) is 25.0 Å². The van der Waals surface area contributed by atoms with Crippen molar-refractivity contribution in [3.8, 4) is 17.2 Å². The van der Waals surface area contributed by atoms with Crippen molar-refractivity contribution in [3.63, 3.8) is 0 Å². The number of rotatable bonds is 6. The molecule has 0 aliphatic carbocycles. The molecule has 0 fully saturated rings. The number of aryl methyl sites for hydroxylation is 1. The van der Waals surface area contributed by atoms with Gasteiger partial charge in [0.2, 0.25) is 0 Å². The van der Waals surface area contributed by atoms with E-state index in [1.165, 1.54) is 18.2 Å². The minimum Gasteiger partial charge on any atom is -0.508 e. The van der Waals surface area contributed by atoms with Crippen LogP contribution in [0.2, 0.25) is 0 Å². The molecule has 24 heavy (non-hydrogen) atoms. The van der Waals surface area contributed by atoms with Gasteiger partial charge in [0.25, 0.3) is 0 Å². The molecule has 6 N–H and O–H groups in total. The summed E-state index contributed by atoms with van der Waals surface area (Å²) in [6, 6.07) is 9.55. The van der Waals surface area contributed by atoms with Crippen LogP contribution in [0.25, 0.3) is 0 Å². The van der Waals surface area contributed by atoms with Crippen LogP contribution in [-0.2, 0) is 16.8 Å². The van der Waals surface area contributed by atoms with Crippen LogP contribution < -0.4 is 4.52 Å². The molecule has 2 rings (SSSR count). The predicted octanol–water partition coefficient (Wildman–Crippen LogP) is 1.34. The Balaban J connectivity index is 2.27. The van der Waals surface area contributed by atoms with Gasteiger partial charge in [-0.25, -0.2) is 4.57 Å². The maximum Gasteiger partial charge on any atom is 0.524 e. The largest absolute Gasteiger partial charge is 0.524 e. The summed E-state index contributed by atoms with van der Waals surface area (Å²) in [4.78, 5) is 17.8. The molecule has 0 aliphatic heterocycles. The number of hydrogen-bond acceptors (Lipinski definition) is 6. The molecule has 2 aromatic carbocycles. The summed E-state index contributed by atoms with van der Waals surface area (Å²) in [5.41, 5.74) is 0.153. The van der Waals surface area contributed by atoms with Crippen molar-refractivity contribution in [2.45, 2.75) is 18.6 Å². The molecular weight excluding hydrogens is 339 g/mol. The highest BCUT2D eigenvalue weighted by atomic mass is 31.2. The summed E-state index contributed by atoms with van der Waals surface area (Å²) in [6.07, 6.45) is -0.121. The third kappa shape index (κ3) is 4.70. The summed E-state index contributed by atoms with van der Waals surface area (Å²) in [6.45, 7) is 0. The van der Waals surface area contributed by atoms with Gasteiger partial charge < -0.3 is 24.9 Å². The summed E-state index contributed by atoms with van der Waals surface area (Å²) in [5, 5.41) is 39.6. The Hall–Kier alpha value is -2.09. The van der Waals surface area contributed by atoms with E-state index in [1.54, 1.807) is 12.1 Å². The van der Waals surface area contributed by atoms with Crippen molar-refractivity contribution < 1.29 is 39.3 Å². The number of aliphatic hydroxyl groups is 2. The summed E-state index contributed by atoms with van der Waals surface area (Å²) < 4.78 is 15.4. The number of phenols is 2. The topological polar surface area (TPSA) is 148 Å². The highest BCUT2D eigenvalue weighted by Crippen LogP contribution is 2.45. The van der Waals surface area contributed by atoms with Gasteiger partial charge >= 0.3 is 7.82 Å². The first-order chi connectivity index (χ1) is 11.1. The fraction of sp³-hybridized carbons (Fsp3) is 0.200. The summed E-state index contributed by atoms with van der Waals surface area (Å²) in [7, 11) is -4.95. The van der Waals surface area contributed by atoms with Crippen molar-refractivity contribution in [1.82, 2.24) is 0 Å². The van der Waals surface area contributed by atoms with Crippen molar-refractivity contribution in [1.29, 1.82) is 0 Å². The van der Waals surface area contributed by atoms with Gasteiger partial charge in [-0.15, -0.1) is 0 Å². The lowest BCUT2D eigenvalue weighted by molar-refractivity contribution is -0.175. The molecule has 0 bridgehead atoms. The monoisotopic (exact) mass is 356 g/mol. The first kappa shape index (κ1) is 18.3. The molecule has 2 aromatic rings. The average Bonchev–Trinajstić information content (AvgIpc) is 2.45. The van der Waals surface area contributed by atoms with Gasteiger partial charge in [-0.05, 0) is 36.2 Å². The smallest absolute Gasteiger partial charge is 0.508 e. The first-order valence-corrected chi connectivity index (χ1v) is 8.42. The minimum atomic E-state index is -4.95. The van der Waals surface area contributed by atoms with Gasteiger partial charge in [-0.3, -0.25) is 9.79 Å². The molecular formula is C15H17O8P. The van der Waals surface area contributed by atoms with Crippen LogP contribution in [0.15, 0.2) is 42.5 Å². The SMILES string of the molecule is O=P(O)(O)Oc1cccc(O)c1C(O)(O)CCc1ccc(O)cc1. The number of aromatic hydroxyl groups is 2. The fourth-order valence-corrected chi connectivity index (χ4v) is 2.64. The van der Waals surface area contributed by atoms with Crippen LogP contribution in [0.3, 0.4) is 0 Å². The Kier molecular flexibility index (Phi) is 5.17. The van der Waals surface area contributed by atoms with Crippen LogP contribution in [0, 0.1) is 0 Å². The van der Waals surface area contributed by atoms with Crippen LogP contribution in [0.1, 0.15) is 17.5 Å². The molecule has 0 saturated carbocycles. The van der Waals surface area contributed by atoms with Gasteiger partial charge in [0.1, 0.15) is 17.2 Å². The number of phenolic OH excluding ortho intramolecular Hbond substituents is 2. The highest BCUT2D eigenvalue weighted by molar-refractivity contribution is 7.46. The molecule has 130 valence electrons. The predicted molar refractivity (Wildman–Crippen MR) is 83.3 cm³/mol. The van der Waals surface area contributed by atoms with Crippen molar-refractivity contribution in [2.24, 2.45) is 0 Å².